The average molecular weight is 350 g/mol. The number of carbonyl (C=O) groups is 2. The number of ether oxygens (including phenoxy) is 1. The van der Waals surface area contributed by atoms with Crippen LogP contribution in [0.4, 0.5) is 5.69 Å². The highest BCUT2D eigenvalue weighted by atomic mass is 32.2. The number of carbonyl (C=O) groups excluding carboxylic acids is 2. The van der Waals surface area contributed by atoms with Crippen molar-refractivity contribution in [2.45, 2.75) is 13.3 Å². The van der Waals surface area contributed by atoms with E-state index in [0.29, 0.717) is 34.8 Å². The van der Waals surface area contributed by atoms with Gasteiger partial charge < -0.3 is 4.74 Å². The minimum absolute atomic E-state index is 0.0576. The second-order valence-electron chi connectivity index (χ2n) is 5.05. The van der Waals surface area contributed by atoms with Gasteiger partial charge in [0, 0.05) is 32.4 Å². The molecule has 0 saturated carbocycles. The highest BCUT2D eigenvalue weighted by Gasteiger charge is 2.38. The number of non-ortho nitro benzene ring substituents is 1. The molecule has 0 atom stereocenters. The molecule has 0 radical (unpaired) electrons. The third-order valence-corrected chi connectivity index (χ3v) is 4.47. The Bertz CT molecular complexity index is 684. The molecule has 1 aromatic carbocycles. The van der Waals surface area contributed by atoms with E-state index < -0.39 is 4.92 Å². The van der Waals surface area contributed by atoms with Gasteiger partial charge in [0.1, 0.15) is 0 Å². The summed E-state index contributed by atoms with van der Waals surface area (Å²) in [5.41, 5.74) is 0.779. The van der Waals surface area contributed by atoms with E-state index in [1.807, 2.05) is 6.92 Å². The third-order valence-electron chi connectivity index (χ3n) is 3.51. The number of hydrogen-bond donors (Lipinski definition) is 0. The molecule has 2 amide bonds. The topological polar surface area (TPSA) is 89.8 Å². The number of nitrogens with zero attached hydrogens (tertiary/aromatic N) is 2. The number of thioether (sulfide) groups is 1. The van der Waals surface area contributed by atoms with Gasteiger partial charge in [0.15, 0.2) is 0 Å². The highest BCUT2D eigenvalue weighted by Crippen LogP contribution is 2.36. The number of nitro benzene ring substituents is 1. The van der Waals surface area contributed by atoms with Crippen LogP contribution in [0.1, 0.15) is 18.9 Å². The smallest absolute Gasteiger partial charge is 0.269 e. The highest BCUT2D eigenvalue weighted by molar-refractivity contribution is 8.04. The van der Waals surface area contributed by atoms with Crippen molar-refractivity contribution in [3.8, 4) is 0 Å². The summed E-state index contributed by atoms with van der Waals surface area (Å²) in [6.07, 6.45) is 0.561. The Labute approximate surface area is 143 Å². The van der Waals surface area contributed by atoms with Crippen LogP contribution < -0.4 is 0 Å². The summed E-state index contributed by atoms with van der Waals surface area (Å²) in [4.78, 5) is 37.1. The number of hydrogen-bond acceptors (Lipinski definition) is 6. The Kier molecular flexibility index (Phi) is 6.10. The van der Waals surface area contributed by atoms with Gasteiger partial charge >= 0.3 is 0 Å². The monoisotopic (exact) mass is 350 g/mol. The predicted octanol–water partition coefficient (Wildman–Crippen LogP) is 2.46. The van der Waals surface area contributed by atoms with Crippen LogP contribution in [0.5, 0.6) is 0 Å². The van der Waals surface area contributed by atoms with Gasteiger partial charge in [0.05, 0.1) is 15.4 Å². The van der Waals surface area contributed by atoms with Gasteiger partial charge in [0.25, 0.3) is 17.5 Å². The molecule has 8 heteroatoms. The van der Waals surface area contributed by atoms with Crippen LogP contribution in [0.25, 0.3) is 5.57 Å². The van der Waals surface area contributed by atoms with Crippen molar-refractivity contribution in [2.75, 3.05) is 26.0 Å². The van der Waals surface area contributed by atoms with Crippen LogP contribution in [0.15, 0.2) is 29.2 Å². The zero-order valence-corrected chi connectivity index (χ0v) is 14.3. The van der Waals surface area contributed by atoms with Crippen molar-refractivity contribution in [3.05, 3.63) is 44.8 Å². The maximum atomic E-state index is 12.7. The van der Waals surface area contributed by atoms with Crippen molar-refractivity contribution >= 4 is 34.8 Å². The first-order chi connectivity index (χ1) is 11.5. The SMILES string of the molecule is CCSC1=C(c2ccc([N+](=O)[O-])cc2)C(=O)N(CCCOC)C1=O. The number of benzene rings is 1. The Morgan fingerprint density at radius 2 is 1.88 bits per heavy atom. The Hall–Kier alpha value is -2.19. The molecule has 1 aliphatic heterocycles. The molecule has 7 nitrogen and oxygen atoms in total. The van der Waals surface area contributed by atoms with E-state index in [4.69, 9.17) is 4.74 Å². The molecule has 128 valence electrons. The molecular formula is C16H18N2O5S. The standard InChI is InChI=1S/C16H18N2O5S/c1-3-24-14-13(11-5-7-12(8-6-11)18(21)22)15(19)17(16(14)20)9-4-10-23-2/h5-8H,3-4,9-10H2,1-2H3. The Morgan fingerprint density at radius 3 is 2.42 bits per heavy atom. The van der Waals surface area contributed by atoms with E-state index >= 15 is 0 Å². The van der Waals surface area contributed by atoms with Crippen molar-refractivity contribution in [2.24, 2.45) is 0 Å². The van der Waals surface area contributed by atoms with E-state index in [1.165, 1.54) is 40.9 Å². The molecule has 0 bridgehead atoms. The van der Waals surface area contributed by atoms with Crippen molar-refractivity contribution in [3.63, 3.8) is 0 Å². The maximum absolute atomic E-state index is 12.7. The van der Waals surface area contributed by atoms with E-state index in [9.17, 15) is 19.7 Å². The lowest BCUT2D eigenvalue weighted by atomic mass is 10.1. The summed E-state index contributed by atoms with van der Waals surface area (Å²) in [5, 5.41) is 10.8. The fourth-order valence-electron chi connectivity index (χ4n) is 2.41. The van der Waals surface area contributed by atoms with Crippen molar-refractivity contribution in [1.82, 2.24) is 4.90 Å². The normalized spacial score (nSPS) is 14.7. The molecule has 2 rings (SSSR count). The average Bonchev–Trinajstić information content (AvgIpc) is 2.80. The van der Waals surface area contributed by atoms with Crippen LogP contribution in [-0.2, 0) is 14.3 Å². The van der Waals surface area contributed by atoms with Crippen LogP contribution in [0, 0.1) is 10.1 Å². The van der Waals surface area contributed by atoms with Gasteiger partial charge in [-0.25, -0.2) is 0 Å². The van der Waals surface area contributed by atoms with Gasteiger partial charge in [-0.05, 0) is 29.9 Å². The van der Waals surface area contributed by atoms with Crippen LogP contribution in [0.2, 0.25) is 0 Å². The van der Waals surface area contributed by atoms with Gasteiger partial charge in [-0.2, -0.15) is 0 Å². The quantitative estimate of drug-likeness (QED) is 0.310. The zero-order valence-electron chi connectivity index (χ0n) is 13.5. The molecule has 0 aliphatic carbocycles. The second-order valence-corrected chi connectivity index (χ2v) is 6.32. The van der Waals surface area contributed by atoms with Gasteiger partial charge in [-0.3, -0.25) is 24.6 Å². The Morgan fingerprint density at radius 1 is 1.21 bits per heavy atom. The van der Waals surface area contributed by atoms with E-state index in [2.05, 4.69) is 0 Å². The molecule has 1 aromatic rings. The second kappa shape index (κ2) is 8.07. The number of rotatable bonds is 8. The lowest BCUT2D eigenvalue weighted by molar-refractivity contribution is -0.384. The first kappa shape index (κ1) is 18.2. The largest absolute Gasteiger partial charge is 0.385 e. The molecule has 0 fully saturated rings. The predicted molar refractivity (Wildman–Crippen MR) is 91.4 cm³/mol. The molecule has 1 aliphatic rings. The van der Waals surface area contributed by atoms with Gasteiger partial charge in [-0.15, -0.1) is 11.8 Å². The minimum Gasteiger partial charge on any atom is -0.385 e. The summed E-state index contributed by atoms with van der Waals surface area (Å²) in [7, 11) is 1.56. The summed E-state index contributed by atoms with van der Waals surface area (Å²) in [5.74, 6) is -0.0197. The van der Waals surface area contributed by atoms with E-state index in [1.54, 1.807) is 7.11 Å². The van der Waals surface area contributed by atoms with Crippen LogP contribution in [-0.4, -0.2) is 47.7 Å². The molecular weight excluding hydrogens is 332 g/mol. The molecule has 0 unspecified atom stereocenters. The zero-order chi connectivity index (χ0) is 17.7. The molecule has 0 N–H and O–H groups in total. The van der Waals surface area contributed by atoms with Crippen molar-refractivity contribution in [1.29, 1.82) is 0 Å². The van der Waals surface area contributed by atoms with E-state index in [-0.39, 0.29) is 24.0 Å². The summed E-state index contributed by atoms with van der Waals surface area (Å²) >= 11 is 1.31. The minimum atomic E-state index is -0.501. The molecule has 24 heavy (non-hydrogen) atoms. The van der Waals surface area contributed by atoms with Crippen molar-refractivity contribution < 1.29 is 19.2 Å². The van der Waals surface area contributed by atoms with Gasteiger partial charge in [0.2, 0.25) is 0 Å². The lowest BCUT2D eigenvalue weighted by Crippen LogP contribution is -2.33. The number of imide groups is 1. The number of amides is 2. The lowest BCUT2D eigenvalue weighted by Gasteiger charge is -2.14. The fraction of sp³-hybridized carbons (Fsp3) is 0.375. The fourth-order valence-corrected chi connectivity index (χ4v) is 3.28. The first-order valence-electron chi connectivity index (χ1n) is 7.48. The number of methoxy groups -OCH3 is 1. The maximum Gasteiger partial charge on any atom is 0.269 e. The Balaban J connectivity index is 2.34. The van der Waals surface area contributed by atoms with Crippen LogP contribution >= 0.6 is 11.8 Å². The summed E-state index contributed by atoms with van der Waals surface area (Å²) < 4.78 is 4.96. The third kappa shape index (κ3) is 3.65. The number of nitro groups is 1. The van der Waals surface area contributed by atoms with E-state index in [0.717, 1.165) is 0 Å². The molecule has 0 saturated heterocycles. The molecule has 0 spiro atoms. The molecule has 1 heterocycles. The summed E-state index contributed by atoms with van der Waals surface area (Å²) in [6, 6.07) is 5.69. The first-order valence-corrected chi connectivity index (χ1v) is 8.46. The van der Waals surface area contributed by atoms with Gasteiger partial charge in [-0.1, -0.05) is 6.92 Å². The molecule has 0 aromatic heterocycles. The summed E-state index contributed by atoms with van der Waals surface area (Å²) in [6.45, 7) is 2.65. The van der Waals surface area contributed by atoms with Crippen LogP contribution in [0.3, 0.4) is 0 Å².